The molecule has 0 saturated carbocycles. The molecule has 2 rings (SSSR count). The highest BCUT2D eigenvalue weighted by Gasteiger charge is 2.05. The van der Waals surface area contributed by atoms with Crippen molar-refractivity contribution < 1.29 is 0 Å². The van der Waals surface area contributed by atoms with Crippen LogP contribution in [-0.2, 0) is 19.5 Å². The lowest BCUT2D eigenvalue weighted by molar-refractivity contribution is 0.788. The average molecular weight is 349 g/mol. The monoisotopic (exact) mass is 348 g/mol. The van der Waals surface area contributed by atoms with Crippen LogP contribution in [0.4, 0.5) is 0 Å². The molecule has 1 aromatic carbocycles. The van der Waals surface area contributed by atoms with E-state index < -0.39 is 0 Å². The van der Waals surface area contributed by atoms with E-state index in [1.165, 1.54) is 21.0 Å². The van der Waals surface area contributed by atoms with Crippen LogP contribution in [0.15, 0.2) is 33.5 Å². The number of thioether (sulfide) groups is 1. The Labute approximate surface area is 146 Å². The van der Waals surface area contributed by atoms with E-state index in [1.807, 2.05) is 0 Å². The van der Waals surface area contributed by atoms with Crippen LogP contribution in [0.1, 0.15) is 28.8 Å². The molecule has 1 heterocycles. The smallest absolute Gasteiger partial charge is 0.191 e. The fraction of sp³-hybridized carbons (Fsp3) is 0.412. The van der Waals surface area contributed by atoms with E-state index in [2.05, 4.69) is 64.3 Å². The van der Waals surface area contributed by atoms with Crippen molar-refractivity contribution in [2.75, 3.05) is 13.3 Å². The first-order valence-electron chi connectivity index (χ1n) is 7.67. The summed E-state index contributed by atoms with van der Waals surface area (Å²) in [5.74, 6) is 0.795. The van der Waals surface area contributed by atoms with Gasteiger partial charge in [-0.15, -0.1) is 23.1 Å². The second-order valence-corrected chi connectivity index (χ2v) is 6.97. The van der Waals surface area contributed by atoms with Gasteiger partial charge in [-0.05, 0) is 36.8 Å². The van der Waals surface area contributed by atoms with Gasteiger partial charge >= 0.3 is 0 Å². The Hall–Kier alpha value is -1.53. The normalized spacial score (nSPS) is 11.6. The minimum atomic E-state index is 0.694. The van der Waals surface area contributed by atoms with Crippen molar-refractivity contribution in [1.82, 2.24) is 15.6 Å². The Morgan fingerprint density at radius 3 is 2.74 bits per heavy atom. The number of hydrogen-bond acceptors (Lipinski definition) is 4. The second-order valence-electron chi connectivity index (χ2n) is 5.18. The zero-order chi connectivity index (χ0) is 16.7. The van der Waals surface area contributed by atoms with Crippen LogP contribution < -0.4 is 10.6 Å². The SMILES string of the molecule is CCc1nc(CNC(=NC)NCc2ccc(C)cc2SC)cs1. The third kappa shape index (κ3) is 5.25. The van der Waals surface area contributed by atoms with Gasteiger partial charge in [0.05, 0.1) is 17.2 Å². The lowest BCUT2D eigenvalue weighted by atomic mass is 10.1. The maximum atomic E-state index is 4.56. The molecule has 0 radical (unpaired) electrons. The van der Waals surface area contributed by atoms with E-state index in [-0.39, 0.29) is 0 Å². The largest absolute Gasteiger partial charge is 0.352 e. The molecular weight excluding hydrogens is 324 g/mol. The van der Waals surface area contributed by atoms with E-state index >= 15 is 0 Å². The van der Waals surface area contributed by atoms with E-state index in [0.29, 0.717) is 6.54 Å². The number of nitrogens with zero attached hydrogens (tertiary/aromatic N) is 2. The molecule has 2 N–H and O–H groups in total. The molecule has 0 bridgehead atoms. The number of aromatic nitrogens is 1. The highest BCUT2D eigenvalue weighted by molar-refractivity contribution is 7.98. The lowest BCUT2D eigenvalue weighted by Gasteiger charge is -2.13. The van der Waals surface area contributed by atoms with Crippen molar-refractivity contribution >= 4 is 29.1 Å². The average Bonchev–Trinajstić information content (AvgIpc) is 3.04. The summed E-state index contributed by atoms with van der Waals surface area (Å²) in [5.41, 5.74) is 3.64. The topological polar surface area (TPSA) is 49.3 Å². The molecule has 0 aliphatic rings. The van der Waals surface area contributed by atoms with Crippen molar-refractivity contribution in [1.29, 1.82) is 0 Å². The number of hydrogen-bond donors (Lipinski definition) is 2. The van der Waals surface area contributed by atoms with Gasteiger partial charge in [0.2, 0.25) is 0 Å². The quantitative estimate of drug-likeness (QED) is 0.476. The van der Waals surface area contributed by atoms with Gasteiger partial charge in [0.25, 0.3) is 0 Å². The van der Waals surface area contributed by atoms with Crippen LogP contribution >= 0.6 is 23.1 Å². The predicted molar refractivity (Wildman–Crippen MR) is 101 cm³/mol. The van der Waals surface area contributed by atoms with Crippen molar-refractivity contribution in [3.63, 3.8) is 0 Å². The molecular formula is C17H24N4S2. The van der Waals surface area contributed by atoms with E-state index in [4.69, 9.17) is 0 Å². The Kier molecular flexibility index (Phi) is 6.92. The molecule has 0 saturated heterocycles. The predicted octanol–water partition coefficient (Wildman–Crippen LogP) is 3.60. The first kappa shape index (κ1) is 17.8. The minimum absolute atomic E-state index is 0.694. The number of aryl methyl sites for hydroxylation is 2. The summed E-state index contributed by atoms with van der Waals surface area (Å²) in [5, 5.41) is 9.97. The molecule has 2 aromatic rings. The van der Waals surface area contributed by atoms with Gasteiger partial charge in [0.1, 0.15) is 0 Å². The van der Waals surface area contributed by atoms with Crippen LogP contribution in [0, 0.1) is 6.92 Å². The summed E-state index contributed by atoms with van der Waals surface area (Å²) in [6.45, 7) is 5.70. The molecule has 0 atom stereocenters. The van der Waals surface area contributed by atoms with Gasteiger partial charge in [-0.25, -0.2) is 4.98 Å². The third-order valence-corrected chi connectivity index (χ3v) is 5.31. The number of rotatable bonds is 6. The molecule has 0 fully saturated rings. The van der Waals surface area contributed by atoms with E-state index in [9.17, 15) is 0 Å². The van der Waals surface area contributed by atoms with Crippen LogP contribution in [0.3, 0.4) is 0 Å². The van der Waals surface area contributed by atoms with Crippen molar-refractivity contribution in [2.45, 2.75) is 38.3 Å². The Morgan fingerprint density at radius 1 is 1.30 bits per heavy atom. The van der Waals surface area contributed by atoms with Crippen molar-refractivity contribution in [2.24, 2.45) is 4.99 Å². The van der Waals surface area contributed by atoms with Gasteiger partial charge in [-0.3, -0.25) is 4.99 Å². The fourth-order valence-electron chi connectivity index (χ4n) is 2.16. The molecule has 0 amide bonds. The number of guanidine groups is 1. The first-order chi connectivity index (χ1) is 11.2. The molecule has 0 aliphatic heterocycles. The van der Waals surface area contributed by atoms with Crippen LogP contribution in [0.25, 0.3) is 0 Å². The lowest BCUT2D eigenvalue weighted by Crippen LogP contribution is -2.36. The maximum absolute atomic E-state index is 4.56. The zero-order valence-corrected chi connectivity index (χ0v) is 15.8. The van der Waals surface area contributed by atoms with Crippen LogP contribution in [-0.4, -0.2) is 24.2 Å². The summed E-state index contributed by atoms with van der Waals surface area (Å²) in [7, 11) is 1.79. The highest BCUT2D eigenvalue weighted by Crippen LogP contribution is 2.21. The maximum Gasteiger partial charge on any atom is 0.191 e. The molecule has 0 spiro atoms. The molecule has 6 heteroatoms. The third-order valence-electron chi connectivity index (χ3n) is 3.45. The van der Waals surface area contributed by atoms with Gasteiger partial charge in [0.15, 0.2) is 5.96 Å². The molecule has 0 unspecified atom stereocenters. The van der Waals surface area contributed by atoms with Gasteiger partial charge in [-0.1, -0.05) is 19.1 Å². The first-order valence-corrected chi connectivity index (χ1v) is 9.78. The summed E-state index contributed by atoms with van der Waals surface area (Å²) >= 11 is 3.49. The van der Waals surface area contributed by atoms with E-state index in [0.717, 1.165) is 24.6 Å². The van der Waals surface area contributed by atoms with Crippen molar-refractivity contribution in [3.05, 3.63) is 45.4 Å². The number of nitrogens with one attached hydrogen (secondary N) is 2. The summed E-state index contributed by atoms with van der Waals surface area (Å²) < 4.78 is 0. The van der Waals surface area contributed by atoms with E-state index in [1.54, 1.807) is 30.1 Å². The Balaban J connectivity index is 1.90. The highest BCUT2D eigenvalue weighted by atomic mass is 32.2. The fourth-order valence-corrected chi connectivity index (χ4v) is 3.62. The van der Waals surface area contributed by atoms with Gasteiger partial charge in [0, 0.05) is 23.9 Å². The molecule has 0 aliphatic carbocycles. The van der Waals surface area contributed by atoms with Crippen LogP contribution in [0.2, 0.25) is 0 Å². The Bertz CT molecular complexity index is 664. The zero-order valence-electron chi connectivity index (χ0n) is 14.1. The molecule has 23 heavy (non-hydrogen) atoms. The molecule has 124 valence electrons. The summed E-state index contributed by atoms with van der Waals surface area (Å²) in [4.78, 5) is 10.1. The number of aliphatic imine (C=N–C) groups is 1. The van der Waals surface area contributed by atoms with Crippen LogP contribution in [0.5, 0.6) is 0 Å². The minimum Gasteiger partial charge on any atom is -0.352 e. The number of thiazole rings is 1. The van der Waals surface area contributed by atoms with Gasteiger partial charge < -0.3 is 10.6 Å². The Morgan fingerprint density at radius 2 is 2.09 bits per heavy atom. The van der Waals surface area contributed by atoms with Gasteiger partial charge in [-0.2, -0.15) is 0 Å². The standard InChI is InChI=1S/C17H24N4S2/c1-5-16-21-14(11-23-16)10-20-17(18-3)19-9-13-7-6-12(2)8-15(13)22-4/h6-8,11H,5,9-10H2,1-4H3,(H2,18,19,20). The molecule has 1 aromatic heterocycles. The number of benzene rings is 1. The summed E-state index contributed by atoms with van der Waals surface area (Å²) in [6, 6.07) is 6.54. The van der Waals surface area contributed by atoms with Crippen molar-refractivity contribution in [3.8, 4) is 0 Å². The second kappa shape index (κ2) is 8.93. The summed E-state index contributed by atoms with van der Waals surface area (Å²) in [6.07, 6.45) is 3.10. The molecule has 4 nitrogen and oxygen atoms in total.